The molecule has 1 aliphatic rings. The third-order valence-corrected chi connectivity index (χ3v) is 4.60. The van der Waals surface area contributed by atoms with Crippen molar-refractivity contribution in [1.29, 1.82) is 0 Å². The second-order valence-corrected chi connectivity index (χ2v) is 6.66. The Balaban J connectivity index is 1.57. The van der Waals surface area contributed by atoms with Gasteiger partial charge in [0.05, 0.1) is 13.2 Å². The van der Waals surface area contributed by atoms with E-state index >= 15 is 0 Å². The van der Waals surface area contributed by atoms with Crippen molar-refractivity contribution in [2.24, 2.45) is 0 Å². The van der Waals surface area contributed by atoms with Gasteiger partial charge in [-0.3, -0.25) is 4.79 Å². The number of carbonyl (C=O) groups excluding carboxylic acids is 1. The van der Waals surface area contributed by atoms with E-state index in [4.69, 9.17) is 4.74 Å². The number of carbonyl (C=O) groups is 1. The summed E-state index contributed by atoms with van der Waals surface area (Å²) >= 11 is 3.47. The van der Waals surface area contributed by atoms with Gasteiger partial charge in [-0.15, -0.1) is 0 Å². The molecule has 2 aromatic rings. The molecule has 0 saturated carbocycles. The van der Waals surface area contributed by atoms with Crippen LogP contribution < -0.4 is 0 Å². The van der Waals surface area contributed by atoms with Crippen molar-refractivity contribution in [2.75, 3.05) is 19.7 Å². The maximum atomic E-state index is 12.5. The molecule has 0 N–H and O–H groups in total. The number of morpholine rings is 1. The number of benzene rings is 2. The Morgan fingerprint density at radius 1 is 1.17 bits per heavy atom. The van der Waals surface area contributed by atoms with Crippen LogP contribution in [-0.2, 0) is 16.0 Å². The molecule has 0 bridgehead atoms. The average Bonchev–Trinajstić information content (AvgIpc) is 2.61. The fraction of sp³-hybridized carbons (Fsp3) is 0.316. The second-order valence-electron chi connectivity index (χ2n) is 5.74. The second kappa shape index (κ2) is 7.75. The molecule has 0 aromatic heterocycles. The maximum absolute atomic E-state index is 12.5. The van der Waals surface area contributed by atoms with E-state index in [1.807, 2.05) is 35.2 Å². The molecule has 1 aliphatic heterocycles. The van der Waals surface area contributed by atoms with E-state index < -0.39 is 0 Å². The third-order valence-electron chi connectivity index (χ3n) is 4.11. The molecule has 2 aromatic carbocycles. The summed E-state index contributed by atoms with van der Waals surface area (Å²) in [4.78, 5) is 14.4. The summed E-state index contributed by atoms with van der Waals surface area (Å²) in [5.74, 6) is 0.203. The zero-order valence-corrected chi connectivity index (χ0v) is 14.5. The fourth-order valence-corrected chi connectivity index (χ4v) is 3.29. The topological polar surface area (TPSA) is 29.5 Å². The van der Waals surface area contributed by atoms with Crippen molar-refractivity contribution in [1.82, 2.24) is 4.90 Å². The van der Waals surface area contributed by atoms with Gasteiger partial charge in [-0.1, -0.05) is 58.4 Å². The molecule has 1 fully saturated rings. The fourth-order valence-electron chi connectivity index (χ4n) is 2.85. The van der Waals surface area contributed by atoms with E-state index in [2.05, 4.69) is 40.2 Å². The number of amides is 1. The largest absolute Gasteiger partial charge is 0.370 e. The lowest BCUT2D eigenvalue weighted by Gasteiger charge is -2.33. The van der Waals surface area contributed by atoms with Crippen molar-refractivity contribution in [3.63, 3.8) is 0 Å². The summed E-state index contributed by atoms with van der Waals surface area (Å²) in [5.41, 5.74) is 2.32. The van der Waals surface area contributed by atoms with Crippen LogP contribution in [0.3, 0.4) is 0 Å². The van der Waals surface area contributed by atoms with Crippen LogP contribution in [0.1, 0.15) is 23.7 Å². The maximum Gasteiger partial charge on any atom is 0.223 e. The van der Waals surface area contributed by atoms with Crippen molar-refractivity contribution >= 4 is 21.8 Å². The molecule has 1 saturated heterocycles. The summed E-state index contributed by atoms with van der Waals surface area (Å²) < 4.78 is 6.88. The van der Waals surface area contributed by atoms with Gasteiger partial charge in [0.25, 0.3) is 0 Å². The number of hydrogen-bond donors (Lipinski definition) is 0. The Morgan fingerprint density at radius 3 is 2.78 bits per heavy atom. The molecule has 0 spiro atoms. The van der Waals surface area contributed by atoms with Gasteiger partial charge in [-0.05, 0) is 29.7 Å². The van der Waals surface area contributed by atoms with Crippen molar-refractivity contribution in [3.8, 4) is 0 Å². The van der Waals surface area contributed by atoms with Gasteiger partial charge in [-0.2, -0.15) is 0 Å². The molecule has 1 heterocycles. The van der Waals surface area contributed by atoms with Crippen LogP contribution in [0.25, 0.3) is 0 Å². The lowest BCUT2D eigenvalue weighted by atomic mass is 10.1. The number of ether oxygens (including phenoxy) is 1. The van der Waals surface area contributed by atoms with Gasteiger partial charge in [0, 0.05) is 17.4 Å². The Kier molecular flexibility index (Phi) is 5.47. The summed E-state index contributed by atoms with van der Waals surface area (Å²) in [6.07, 6.45) is 1.30. The van der Waals surface area contributed by atoms with Crippen LogP contribution >= 0.6 is 15.9 Å². The average molecular weight is 374 g/mol. The molecule has 1 amide bonds. The van der Waals surface area contributed by atoms with E-state index in [1.165, 1.54) is 5.56 Å². The number of aryl methyl sites for hydroxylation is 1. The molecular weight excluding hydrogens is 354 g/mol. The van der Waals surface area contributed by atoms with Gasteiger partial charge in [0.1, 0.15) is 6.10 Å². The molecule has 23 heavy (non-hydrogen) atoms. The molecular formula is C19H20BrNO2. The summed E-state index contributed by atoms with van der Waals surface area (Å²) in [5, 5.41) is 0. The summed E-state index contributed by atoms with van der Waals surface area (Å²) in [7, 11) is 0. The van der Waals surface area contributed by atoms with Crippen LogP contribution in [0.2, 0.25) is 0 Å². The van der Waals surface area contributed by atoms with Crippen LogP contribution in [0, 0.1) is 0 Å². The minimum Gasteiger partial charge on any atom is -0.370 e. The minimum atomic E-state index is -0.0141. The molecule has 1 atom stereocenters. The van der Waals surface area contributed by atoms with E-state index in [1.54, 1.807) is 0 Å². The molecule has 120 valence electrons. The van der Waals surface area contributed by atoms with Crippen LogP contribution in [0.15, 0.2) is 59.1 Å². The highest BCUT2D eigenvalue weighted by Gasteiger charge is 2.24. The van der Waals surface area contributed by atoms with Crippen LogP contribution in [0.5, 0.6) is 0 Å². The van der Waals surface area contributed by atoms with Gasteiger partial charge in [0.2, 0.25) is 5.91 Å². The van der Waals surface area contributed by atoms with Gasteiger partial charge in [0.15, 0.2) is 0 Å². The van der Waals surface area contributed by atoms with E-state index in [-0.39, 0.29) is 12.0 Å². The quantitative estimate of drug-likeness (QED) is 0.810. The predicted octanol–water partition coefficient (Wildman–Crippen LogP) is 3.98. The zero-order chi connectivity index (χ0) is 16.1. The van der Waals surface area contributed by atoms with E-state index in [0.29, 0.717) is 26.1 Å². The van der Waals surface area contributed by atoms with Crippen molar-refractivity contribution in [2.45, 2.75) is 18.9 Å². The Morgan fingerprint density at radius 2 is 2.00 bits per heavy atom. The number of hydrogen-bond acceptors (Lipinski definition) is 2. The van der Waals surface area contributed by atoms with Gasteiger partial charge in [-0.25, -0.2) is 0 Å². The number of rotatable bonds is 4. The Bertz CT molecular complexity index is 659. The molecule has 0 aliphatic carbocycles. The lowest BCUT2D eigenvalue weighted by Crippen LogP contribution is -2.42. The molecule has 3 nitrogen and oxygen atoms in total. The highest BCUT2D eigenvalue weighted by molar-refractivity contribution is 9.10. The number of nitrogens with zero attached hydrogens (tertiary/aromatic N) is 1. The highest BCUT2D eigenvalue weighted by atomic mass is 79.9. The Hall–Kier alpha value is -1.65. The molecule has 0 radical (unpaired) electrons. The van der Waals surface area contributed by atoms with E-state index in [0.717, 1.165) is 16.5 Å². The summed E-state index contributed by atoms with van der Waals surface area (Å²) in [6, 6.07) is 18.2. The first-order valence-corrected chi connectivity index (χ1v) is 8.70. The first-order chi connectivity index (χ1) is 11.2. The number of halogens is 1. The first kappa shape index (κ1) is 16.2. The molecule has 1 unspecified atom stereocenters. The zero-order valence-electron chi connectivity index (χ0n) is 13.0. The van der Waals surface area contributed by atoms with Crippen molar-refractivity contribution < 1.29 is 9.53 Å². The normalized spacial score (nSPS) is 18.0. The Labute approximate surface area is 145 Å². The van der Waals surface area contributed by atoms with Crippen LogP contribution in [-0.4, -0.2) is 30.5 Å². The molecule has 4 heteroatoms. The van der Waals surface area contributed by atoms with Gasteiger partial charge >= 0.3 is 0 Å². The monoisotopic (exact) mass is 373 g/mol. The van der Waals surface area contributed by atoms with Crippen LogP contribution in [0.4, 0.5) is 0 Å². The third kappa shape index (κ3) is 4.43. The first-order valence-electron chi connectivity index (χ1n) is 7.91. The van der Waals surface area contributed by atoms with E-state index in [9.17, 15) is 4.79 Å². The lowest BCUT2D eigenvalue weighted by molar-refractivity contribution is -0.139. The smallest absolute Gasteiger partial charge is 0.223 e. The predicted molar refractivity (Wildman–Crippen MR) is 94.2 cm³/mol. The SMILES string of the molecule is O=C(CCc1cccc(Br)c1)N1CCOC(c2ccccc2)C1. The molecule has 3 rings (SSSR count). The van der Waals surface area contributed by atoms with Gasteiger partial charge < -0.3 is 9.64 Å². The standard InChI is InChI=1S/C19H20BrNO2/c20-17-8-4-5-15(13-17)9-10-19(22)21-11-12-23-18(14-21)16-6-2-1-3-7-16/h1-8,13,18H,9-12,14H2. The minimum absolute atomic E-state index is 0.0141. The van der Waals surface area contributed by atoms with Crippen molar-refractivity contribution in [3.05, 3.63) is 70.2 Å². The summed E-state index contributed by atoms with van der Waals surface area (Å²) in [6.45, 7) is 1.92. The highest BCUT2D eigenvalue weighted by Crippen LogP contribution is 2.22.